The van der Waals surface area contributed by atoms with Crippen LogP contribution in [0.1, 0.15) is 6.92 Å². The van der Waals surface area contributed by atoms with Gasteiger partial charge in [-0.3, -0.25) is 4.79 Å². The van der Waals surface area contributed by atoms with Crippen molar-refractivity contribution < 1.29 is 33.5 Å². The lowest BCUT2D eigenvalue weighted by Crippen LogP contribution is -3.00. The monoisotopic (exact) mass is 490 g/mol. The first-order chi connectivity index (χ1) is 12.7. The zero-order valence-electron chi connectivity index (χ0n) is 15.6. The molecule has 0 heterocycles. The van der Waals surface area contributed by atoms with Crippen molar-refractivity contribution in [1.82, 2.24) is 0 Å². The number of rotatable bonds is 6. The fourth-order valence-corrected chi connectivity index (χ4v) is 8.04. The summed E-state index contributed by atoms with van der Waals surface area (Å²) in [6.07, 6.45) is 0.748. The molecule has 0 amide bonds. The molecule has 0 aliphatic heterocycles. The molecule has 4 heteroatoms. The maximum absolute atomic E-state index is 12.3. The van der Waals surface area contributed by atoms with Crippen molar-refractivity contribution in [3.05, 3.63) is 91.0 Å². The number of benzene rings is 3. The Kier molecular flexibility index (Phi) is 8.00. The molecular formula is C23H24IO2P. The average Bonchev–Trinajstić information content (AvgIpc) is 2.73. The highest BCUT2D eigenvalue weighted by atomic mass is 127. The first-order valence-corrected chi connectivity index (χ1v) is 10.8. The first kappa shape index (κ1) is 21.6. The fraction of sp³-hybridized carbons (Fsp3) is 0.174. The van der Waals surface area contributed by atoms with Crippen LogP contribution in [-0.4, -0.2) is 19.2 Å². The number of carbonyl (C=O) groups is 1. The fourth-order valence-electron chi connectivity index (χ4n) is 3.50. The van der Waals surface area contributed by atoms with Crippen LogP contribution in [0.2, 0.25) is 0 Å². The average molecular weight is 490 g/mol. The van der Waals surface area contributed by atoms with E-state index in [9.17, 15) is 4.79 Å². The molecule has 0 saturated heterocycles. The predicted octanol–water partition coefficient (Wildman–Crippen LogP) is 0.794. The van der Waals surface area contributed by atoms with E-state index in [4.69, 9.17) is 4.74 Å². The van der Waals surface area contributed by atoms with E-state index in [2.05, 4.69) is 72.8 Å². The summed E-state index contributed by atoms with van der Waals surface area (Å²) in [5, 5.41) is 3.86. The van der Waals surface area contributed by atoms with E-state index in [1.807, 2.05) is 25.1 Å². The Labute approximate surface area is 179 Å². The first-order valence-electron chi connectivity index (χ1n) is 8.81. The Hall–Kier alpha value is -1.71. The van der Waals surface area contributed by atoms with E-state index in [0.29, 0.717) is 0 Å². The maximum Gasteiger partial charge on any atom is 0.312 e. The van der Waals surface area contributed by atoms with Crippen LogP contribution in [0.15, 0.2) is 91.0 Å². The van der Waals surface area contributed by atoms with Crippen LogP contribution in [0.25, 0.3) is 0 Å². The van der Waals surface area contributed by atoms with E-state index < -0.39 is 7.26 Å². The van der Waals surface area contributed by atoms with Gasteiger partial charge in [0.1, 0.15) is 23.2 Å². The van der Waals surface area contributed by atoms with Crippen LogP contribution < -0.4 is 39.9 Å². The van der Waals surface area contributed by atoms with Gasteiger partial charge < -0.3 is 28.7 Å². The van der Waals surface area contributed by atoms with E-state index in [1.165, 1.54) is 23.0 Å². The molecule has 27 heavy (non-hydrogen) atoms. The third-order valence-corrected chi connectivity index (χ3v) is 9.38. The smallest absolute Gasteiger partial charge is 0.312 e. The van der Waals surface area contributed by atoms with Crippen molar-refractivity contribution in [1.29, 1.82) is 0 Å². The summed E-state index contributed by atoms with van der Waals surface area (Å²) >= 11 is 0. The summed E-state index contributed by atoms with van der Waals surface area (Å²) in [6.45, 7) is 1.97. The summed E-state index contributed by atoms with van der Waals surface area (Å²) in [6, 6.07) is 31.8. The molecule has 0 N–H and O–H groups in total. The predicted molar refractivity (Wildman–Crippen MR) is 111 cm³/mol. The summed E-state index contributed by atoms with van der Waals surface area (Å²) < 4.78 is 5.04. The van der Waals surface area contributed by atoms with Crippen LogP contribution in [0, 0.1) is 5.92 Å². The zero-order valence-corrected chi connectivity index (χ0v) is 18.6. The van der Waals surface area contributed by atoms with Gasteiger partial charge >= 0.3 is 5.97 Å². The summed E-state index contributed by atoms with van der Waals surface area (Å²) in [5.74, 6) is -0.342. The molecule has 0 aliphatic rings. The SMILES string of the molecule is COC(=O)[C@@H](C)C[P+](c1ccccc1)(c1ccccc1)c1ccccc1.[I-]. The molecule has 0 saturated carbocycles. The highest BCUT2D eigenvalue weighted by Crippen LogP contribution is 2.56. The van der Waals surface area contributed by atoms with Gasteiger partial charge in [0.05, 0.1) is 19.2 Å². The highest BCUT2D eigenvalue weighted by molar-refractivity contribution is 7.95. The van der Waals surface area contributed by atoms with Crippen molar-refractivity contribution in [2.75, 3.05) is 13.3 Å². The van der Waals surface area contributed by atoms with E-state index in [0.717, 1.165) is 6.16 Å². The van der Waals surface area contributed by atoms with Gasteiger partial charge in [0, 0.05) is 0 Å². The minimum absolute atomic E-state index is 0. The normalized spacial score (nSPS) is 11.9. The number of halogens is 1. The molecule has 0 fully saturated rings. The van der Waals surface area contributed by atoms with Crippen LogP contribution in [0.3, 0.4) is 0 Å². The van der Waals surface area contributed by atoms with Crippen LogP contribution >= 0.6 is 7.26 Å². The van der Waals surface area contributed by atoms with Gasteiger partial charge in [-0.1, -0.05) is 54.6 Å². The highest BCUT2D eigenvalue weighted by Gasteiger charge is 2.47. The second-order valence-electron chi connectivity index (χ2n) is 6.42. The molecule has 3 rings (SSSR count). The molecule has 3 aromatic rings. The van der Waals surface area contributed by atoms with E-state index >= 15 is 0 Å². The molecule has 0 bridgehead atoms. The molecule has 1 atom stereocenters. The standard InChI is InChI=1S/C23H24O2P.HI/c1-19(23(24)25-2)18-26(20-12-6-3-7-13-20,21-14-8-4-9-15-21)22-16-10-5-11-17-22;/h3-17,19H,18H2,1-2H3;1H/q+1;/p-1/t19-;/m0./s1. The number of methoxy groups -OCH3 is 1. The molecule has 0 aliphatic carbocycles. The minimum atomic E-state index is -1.98. The molecule has 3 aromatic carbocycles. The largest absolute Gasteiger partial charge is 1.00 e. The van der Waals surface area contributed by atoms with Crippen molar-refractivity contribution in [3.63, 3.8) is 0 Å². The maximum atomic E-state index is 12.3. The van der Waals surface area contributed by atoms with Crippen LogP contribution in [0.4, 0.5) is 0 Å². The minimum Gasteiger partial charge on any atom is -1.00 e. The van der Waals surface area contributed by atoms with Gasteiger partial charge in [0.15, 0.2) is 0 Å². The Morgan fingerprint density at radius 2 is 1.11 bits per heavy atom. The second kappa shape index (κ2) is 10.0. The van der Waals surface area contributed by atoms with E-state index in [1.54, 1.807) is 0 Å². The lowest BCUT2D eigenvalue weighted by molar-refractivity contribution is -0.144. The number of esters is 1. The summed E-state index contributed by atoms with van der Waals surface area (Å²) in [7, 11) is -0.512. The number of hydrogen-bond donors (Lipinski definition) is 0. The molecular weight excluding hydrogens is 466 g/mol. The van der Waals surface area contributed by atoms with Gasteiger partial charge in [-0.05, 0) is 43.3 Å². The molecule has 0 radical (unpaired) electrons. The zero-order chi connectivity index (χ0) is 18.4. The third-order valence-electron chi connectivity index (χ3n) is 4.74. The second-order valence-corrected chi connectivity index (χ2v) is 9.96. The Balaban J connectivity index is 0.00000261. The lowest BCUT2D eigenvalue weighted by atomic mass is 10.2. The Morgan fingerprint density at radius 3 is 1.41 bits per heavy atom. The Morgan fingerprint density at radius 1 is 0.778 bits per heavy atom. The van der Waals surface area contributed by atoms with Crippen LogP contribution in [0.5, 0.6) is 0 Å². The quantitative estimate of drug-likeness (QED) is 0.291. The Bertz CT molecular complexity index is 741. The summed E-state index contributed by atoms with van der Waals surface area (Å²) in [4.78, 5) is 12.3. The van der Waals surface area contributed by atoms with Crippen molar-refractivity contribution in [2.24, 2.45) is 5.92 Å². The number of carbonyl (C=O) groups excluding carboxylic acids is 1. The summed E-state index contributed by atoms with van der Waals surface area (Å²) in [5.41, 5.74) is 0. The topological polar surface area (TPSA) is 26.3 Å². The van der Waals surface area contributed by atoms with Gasteiger partial charge in [-0.25, -0.2) is 0 Å². The van der Waals surface area contributed by atoms with Gasteiger partial charge in [-0.15, -0.1) is 0 Å². The van der Waals surface area contributed by atoms with Gasteiger partial charge in [0.25, 0.3) is 0 Å². The number of hydrogen-bond acceptors (Lipinski definition) is 2. The molecule has 2 nitrogen and oxygen atoms in total. The van der Waals surface area contributed by atoms with Crippen molar-refractivity contribution in [2.45, 2.75) is 6.92 Å². The van der Waals surface area contributed by atoms with Crippen molar-refractivity contribution >= 4 is 29.1 Å². The molecule has 0 aromatic heterocycles. The molecule has 0 unspecified atom stereocenters. The molecule has 0 spiro atoms. The van der Waals surface area contributed by atoms with Crippen LogP contribution in [-0.2, 0) is 9.53 Å². The third kappa shape index (κ3) is 4.59. The molecule has 140 valence electrons. The van der Waals surface area contributed by atoms with Gasteiger partial charge in [0.2, 0.25) is 0 Å². The van der Waals surface area contributed by atoms with Gasteiger partial charge in [-0.2, -0.15) is 0 Å². The van der Waals surface area contributed by atoms with Crippen molar-refractivity contribution in [3.8, 4) is 0 Å². The lowest BCUT2D eigenvalue weighted by Gasteiger charge is -2.29. The van der Waals surface area contributed by atoms with E-state index in [-0.39, 0.29) is 35.9 Å². The number of ether oxygens (including phenoxy) is 1.